The second kappa shape index (κ2) is 7.05. The van der Waals surface area contributed by atoms with E-state index in [1.54, 1.807) is 21.9 Å². The Morgan fingerprint density at radius 3 is 2.85 bits per heavy atom. The second-order valence-corrected chi connectivity index (χ2v) is 7.28. The lowest BCUT2D eigenvalue weighted by Crippen LogP contribution is -2.46. The van der Waals surface area contributed by atoms with Crippen LogP contribution in [0.5, 0.6) is 0 Å². The number of anilines is 1. The van der Waals surface area contributed by atoms with Gasteiger partial charge < -0.3 is 4.90 Å². The van der Waals surface area contributed by atoms with Crippen molar-refractivity contribution in [1.29, 1.82) is 0 Å². The number of amides is 1. The zero-order valence-corrected chi connectivity index (χ0v) is 15.7. The number of hydrogen-bond acceptors (Lipinski definition) is 4. The van der Waals surface area contributed by atoms with E-state index in [0.29, 0.717) is 44.7 Å². The minimum atomic E-state index is -0.500. The molecule has 0 radical (unpaired) electrons. The highest BCUT2D eigenvalue weighted by Crippen LogP contribution is 2.29. The summed E-state index contributed by atoms with van der Waals surface area (Å²) in [7, 11) is 0. The molecular formula is C19H20ClFN4O2. The molecular weight excluding hydrogens is 371 g/mol. The zero-order valence-electron chi connectivity index (χ0n) is 15.0. The average molecular weight is 391 g/mol. The van der Waals surface area contributed by atoms with E-state index in [4.69, 9.17) is 11.6 Å². The fourth-order valence-electron chi connectivity index (χ4n) is 3.89. The van der Waals surface area contributed by atoms with Crippen molar-refractivity contribution in [2.24, 2.45) is 0 Å². The molecule has 27 heavy (non-hydrogen) atoms. The molecule has 3 heterocycles. The highest BCUT2D eigenvalue weighted by atomic mass is 35.5. The van der Waals surface area contributed by atoms with E-state index in [-0.39, 0.29) is 22.5 Å². The summed E-state index contributed by atoms with van der Waals surface area (Å²) >= 11 is 5.86. The maximum atomic E-state index is 13.4. The van der Waals surface area contributed by atoms with Gasteiger partial charge in [-0.2, -0.15) is 0 Å². The van der Waals surface area contributed by atoms with Gasteiger partial charge in [-0.3, -0.25) is 19.1 Å². The van der Waals surface area contributed by atoms with E-state index in [1.807, 2.05) is 6.92 Å². The third-order valence-corrected chi connectivity index (χ3v) is 5.69. The van der Waals surface area contributed by atoms with Gasteiger partial charge in [0.2, 0.25) is 5.91 Å². The molecule has 0 aliphatic carbocycles. The van der Waals surface area contributed by atoms with Crippen molar-refractivity contribution < 1.29 is 9.18 Å². The van der Waals surface area contributed by atoms with E-state index >= 15 is 0 Å². The van der Waals surface area contributed by atoms with Gasteiger partial charge in [0.05, 0.1) is 23.1 Å². The van der Waals surface area contributed by atoms with Crippen molar-refractivity contribution in [1.82, 2.24) is 14.5 Å². The van der Waals surface area contributed by atoms with Crippen LogP contribution in [0.4, 0.5) is 10.1 Å². The molecule has 1 atom stereocenters. The normalized spacial score (nSPS) is 20.2. The van der Waals surface area contributed by atoms with Crippen LogP contribution >= 0.6 is 11.6 Å². The summed E-state index contributed by atoms with van der Waals surface area (Å²) in [5, 5.41) is 0.00653. The fraction of sp³-hybridized carbons (Fsp3) is 0.421. The maximum Gasteiger partial charge on any atom is 0.256 e. The SMILES string of the molecule is CCn1cnc2c(c1=O)CCN(C1CCN(c3ccc(F)c(Cl)c3)C1=O)C2. The van der Waals surface area contributed by atoms with Crippen LogP contribution in [0.2, 0.25) is 5.02 Å². The minimum absolute atomic E-state index is 0.00653. The summed E-state index contributed by atoms with van der Waals surface area (Å²) < 4.78 is 15.0. The van der Waals surface area contributed by atoms with Gasteiger partial charge in [0.15, 0.2) is 0 Å². The summed E-state index contributed by atoms with van der Waals surface area (Å²) in [6.07, 6.45) is 2.84. The predicted molar refractivity (Wildman–Crippen MR) is 100 cm³/mol. The third kappa shape index (κ3) is 3.15. The first kappa shape index (κ1) is 18.1. The molecule has 1 saturated heterocycles. The van der Waals surface area contributed by atoms with Gasteiger partial charge in [0.25, 0.3) is 5.56 Å². The second-order valence-electron chi connectivity index (χ2n) is 6.87. The zero-order chi connectivity index (χ0) is 19.1. The van der Waals surface area contributed by atoms with E-state index in [9.17, 15) is 14.0 Å². The number of nitrogens with zero attached hydrogens (tertiary/aromatic N) is 4. The molecule has 8 heteroatoms. The molecule has 1 amide bonds. The van der Waals surface area contributed by atoms with Gasteiger partial charge in [-0.05, 0) is 38.0 Å². The van der Waals surface area contributed by atoms with Crippen molar-refractivity contribution in [2.75, 3.05) is 18.0 Å². The van der Waals surface area contributed by atoms with Crippen LogP contribution in [0.1, 0.15) is 24.6 Å². The number of rotatable bonds is 3. The van der Waals surface area contributed by atoms with Crippen molar-refractivity contribution in [3.05, 3.63) is 57.0 Å². The highest BCUT2D eigenvalue weighted by Gasteiger charge is 2.38. The molecule has 0 bridgehead atoms. The Bertz CT molecular complexity index is 961. The van der Waals surface area contributed by atoms with Gasteiger partial charge in [0.1, 0.15) is 5.82 Å². The van der Waals surface area contributed by atoms with Crippen LogP contribution < -0.4 is 10.5 Å². The Morgan fingerprint density at radius 1 is 1.30 bits per heavy atom. The topological polar surface area (TPSA) is 58.4 Å². The lowest BCUT2D eigenvalue weighted by atomic mass is 10.0. The number of carbonyl (C=O) groups excluding carboxylic acids is 1. The van der Waals surface area contributed by atoms with Crippen LogP contribution in [-0.4, -0.2) is 39.5 Å². The third-order valence-electron chi connectivity index (χ3n) is 5.40. The molecule has 1 unspecified atom stereocenters. The van der Waals surface area contributed by atoms with Gasteiger partial charge in [-0.1, -0.05) is 11.6 Å². The summed E-state index contributed by atoms with van der Waals surface area (Å²) in [5.41, 5.74) is 2.13. The Morgan fingerprint density at radius 2 is 2.11 bits per heavy atom. The molecule has 4 rings (SSSR count). The molecule has 2 aromatic rings. The molecule has 0 saturated carbocycles. The quantitative estimate of drug-likeness (QED) is 0.806. The summed E-state index contributed by atoms with van der Waals surface area (Å²) in [6, 6.07) is 4.06. The van der Waals surface area contributed by atoms with Crippen molar-refractivity contribution in [3.8, 4) is 0 Å². The molecule has 2 aliphatic heterocycles. The van der Waals surface area contributed by atoms with E-state index in [2.05, 4.69) is 9.88 Å². The number of aryl methyl sites for hydroxylation is 1. The molecule has 0 N–H and O–H groups in total. The summed E-state index contributed by atoms with van der Waals surface area (Å²) in [6.45, 7) is 4.20. The van der Waals surface area contributed by atoms with Crippen molar-refractivity contribution in [3.63, 3.8) is 0 Å². The van der Waals surface area contributed by atoms with Crippen molar-refractivity contribution in [2.45, 2.75) is 38.9 Å². The lowest BCUT2D eigenvalue weighted by molar-refractivity contribution is -0.122. The molecule has 1 aromatic heterocycles. The van der Waals surface area contributed by atoms with Gasteiger partial charge in [-0.15, -0.1) is 0 Å². The van der Waals surface area contributed by atoms with Crippen molar-refractivity contribution >= 4 is 23.2 Å². The standard InChI is InChI=1S/C19H20ClFN4O2/c1-2-23-11-22-16-10-24(7-5-13(16)18(23)26)17-6-8-25(19(17)27)12-3-4-15(21)14(20)9-12/h3-4,9,11,17H,2,5-8,10H2,1H3. The van der Waals surface area contributed by atoms with Crippen LogP contribution in [0.3, 0.4) is 0 Å². The first-order valence-corrected chi connectivity index (χ1v) is 9.45. The number of carbonyl (C=O) groups is 1. The van der Waals surface area contributed by atoms with Crippen LogP contribution in [-0.2, 0) is 24.3 Å². The molecule has 0 spiro atoms. The van der Waals surface area contributed by atoms with Gasteiger partial charge >= 0.3 is 0 Å². The van der Waals surface area contributed by atoms with E-state index in [0.717, 1.165) is 11.3 Å². The first-order valence-electron chi connectivity index (χ1n) is 9.07. The number of hydrogen-bond donors (Lipinski definition) is 0. The summed E-state index contributed by atoms with van der Waals surface area (Å²) in [5.74, 6) is -0.525. The first-order chi connectivity index (χ1) is 13.0. The molecule has 2 aliphatic rings. The Balaban J connectivity index is 1.54. The fourth-order valence-corrected chi connectivity index (χ4v) is 4.06. The Labute approximate surface area is 161 Å². The van der Waals surface area contributed by atoms with Gasteiger partial charge in [0, 0.05) is 37.4 Å². The van der Waals surface area contributed by atoms with E-state index < -0.39 is 5.82 Å². The number of fused-ring (bicyclic) bond motifs is 1. The number of aromatic nitrogens is 2. The monoisotopic (exact) mass is 390 g/mol. The van der Waals surface area contributed by atoms with Crippen LogP contribution in [0.15, 0.2) is 29.3 Å². The molecule has 1 aromatic carbocycles. The maximum absolute atomic E-state index is 13.4. The highest BCUT2D eigenvalue weighted by molar-refractivity contribution is 6.31. The van der Waals surface area contributed by atoms with Crippen LogP contribution in [0.25, 0.3) is 0 Å². The predicted octanol–water partition coefficient (Wildman–Crippen LogP) is 2.22. The number of halogens is 2. The Kier molecular flexibility index (Phi) is 4.74. The van der Waals surface area contributed by atoms with Gasteiger partial charge in [-0.25, -0.2) is 9.37 Å². The van der Waals surface area contributed by atoms with E-state index in [1.165, 1.54) is 12.1 Å². The smallest absolute Gasteiger partial charge is 0.256 e. The van der Waals surface area contributed by atoms with Crippen LogP contribution in [0, 0.1) is 5.82 Å². The molecule has 1 fully saturated rings. The number of benzene rings is 1. The lowest BCUT2D eigenvalue weighted by Gasteiger charge is -2.31. The molecule has 142 valence electrons. The Hall–Kier alpha value is -2.25. The largest absolute Gasteiger partial charge is 0.311 e. The molecule has 6 nitrogen and oxygen atoms in total. The average Bonchev–Trinajstić information content (AvgIpc) is 3.05. The minimum Gasteiger partial charge on any atom is -0.311 e. The summed E-state index contributed by atoms with van der Waals surface area (Å²) in [4.78, 5) is 33.5.